The summed E-state index contributed by atoms with van der Waals surface area (Å²) in [5.41, 5.74) is 4.96. The molecule has 2 aliphatic rings. The van der Waals surface area contributed by atoms with Crippen LogP contribution in [0.3, 0.4) is 0 Å². The molecule has 1 aromatic heterocycles. The second-order valence-corrected chi connectivity index (χ2v) is 7.50. The van der Waals surface area contributed by atoms with Crippen LogP contribution in [-0.2, 0) is 5.41 Å². The predicted octanol–water partition coefficient (Wildman–Crippen LogP) is 4.18. The third kappa shape index (κ3) is 1.53. The molecule has 0 amide bonds. The SMILES string of the molecule is CC1(C)c2ccccc2-c2cnc([SH]3C=CC=C3)nc21. The van der Waals surface area contributed by atoms with E-state index in [9.17, 15) is 0 Å². The van der Waals surface area contributed by atoms with Crippen molar-refractivity contribution in [2.75, 3.05) is 0 Å². The van der Waals surface area contributed by atoms with E-state index in [0.717, 1.165) is 5.16 Å². The van der Waals surface area contributed by atoms with Crippen molar-refractivity contribution in [2.45, 2.75) is 24.4 Å². The van der Waals surface area contributed by atoms with Gasteiger partial charge in [-0.3, -0.25) is 0 Å². The van der Waals surface area contributed by atoms with Crippen LogP contribution in [0.1, 0.15) is 25.1 Å². The standard InChI is InChI=1S/C17H16N2S/c1-17(2)14-8-4-3-7-12(14)13-11-18-16(19-15(13)17)20-9-5-6-10-20/h3-11,20H,1-2H3. The molecule has 0 unspecified atom stereocenters. The van der Waals surface area contributed by atoms with Crippen molar-refractivity contribution in [3.05, 3.63) is 64.7 Å². The van der Waals surface area contributed by atoms with Crippen LogP contribution >= 0.6 is 10.9 Å². The lowest BCUT2D eigenvalue weighted by atomic mass is 9.85. The quantitative estimate of drug-likeness (QED) is 0.626. The Morgan fingerprint density at radius 3 is 2.55 bits per heavy atom. The van der Waals surface area contributed by atoms with Crippen LogP contribution in [0.15, 0.2) is 58.6 Å². The van der Waals surface area contributed by atoms with E-state index in [1.165, 1.54) is 22.4 Å². The third-order valence-electron chi connectivity index (χ3n) is 4.09. The molecule has 0 N–H and O–H groups in total. The Balaban J connectivity index is 1.92. The average Bonchev–Trinajstić information content (AvgIpc) is 3.07. The molecule has 1 aliphatic carbocycles. The van der Waals surface area contributed by atoms with Gasteiger partial charge in [0.05, 0.1) is 5.69 Å². The number of nitrogens with zero attached hydrogens (tertiary/aromatic N) is 2. The van der Waals surface area contributed by atoms with Crippen molar-refractivity contribution in [3.63, 3.8) is 0 Å². The van der Waals surface area contributed by atoms with Crippen LogP contribution in [0.4, 0.5) is 0 Å². The lowest BCUT2D eigenvalue weighted by Gasteiger charge is -2.21. The second-order valence-electron chi connectivity index (χ2n) is 5.69. The van der Waals surface area contributed by atoms with Crippen LogP contribution in [-0.4, -0.2) is 9.97 Å². The number of fused-ring (bicyclic) bond motifs is 3. The monoisotopic (exact) mass is 280 g/mol. The predicted molar refractivity (Wildman–Crippen MR) is 85.1 cm³/mol. The van der Waals surface area contributed by atoms with Crippen molar-refractivity contribution >= 4 is 10.9 Å². The number of hydrogen-bond acceptors (Lipinski definition) is 2. The molecule has 1 aliphatic heterocycles. The molecule has 2 nitrogen and oxygen atoms in total. The van der Waals surface area contributed by atoms with Gasteiger partial charge >= 0.3 is 0 Å². The highest BCUT2D eigenvalue weighted by Gasteiger charge is 2.37. The summed E-state index contributed by atoms with van der Waals surface area (Å²) in [4.78, 5) is 9.53. The Morgan fingerprint density at radius 1 is 1.00 bits per heavy atom. The Bertz CT molecular complexity index is 747. The molecule has 0 fully saturated rings. The first-order chi connectivity index (χ1) is 9.68. The zero-order valence-corrected chi connectivity index (χ0v) is 12.4. The lowest BCUT2D eigenvalue weighted by molar-refractivity contribution is 0.624. The fourth-order valence-corrected chi connectivity index (χ4v) is 4.37. The van der Waals surface area contributed by atoms with Crippen molar-refractivity contribution in [3.8, 4) is 11.1 Å². The number of thiol groups is 1. The molecule has 0 bridgehead atoms. The van der Waals surface area contributed by atoms with E-state index in [2.05, 4.69) is 66.1 Å². The minimum atomic E-state index is -0.448. The van der Waals surface area contributed by atoms with Crippen LogP contribution in [0.5, 0.6) is 0 Å². The Kier molecular flexibility index (Phi) is 2.42. The Labute approximate surface area is 121 Å². The maximum atomic E-state index is 4.92. The van der Waals surface area contributed by atoms with E-state index in [1.54, 1.807) is 0 Å². The molecule has 2 heterocycles. The van der Waals surface area contributed by atoms with Crippen LogP contribution in [0.25, 0.3) is 11.1 Å². The van der Waals surface area contributed by atoms with Crippen LogP contribution in [0, 0.1) is 0 Å². The first kappa shape index (κ1) is 11.9. The number of hydrogen-bond donors (Lipinski definition) is 1. The van der Waals surface area contributed by atoms with Crippen LogP contribution in [0.2, 0.25) is 0 Å². The summed E-state index contributed by atoms with van der Waals surface area (Å²) < 4.78 is 0. The smallest absolute Gasteiger partial charge is 0.174 e. The van der Waals surface area contributed by atoms with Gasteiger partial charge in [0.15, 0.2) is 5.16 Å². The summed E-state index contributed by atoms with van der Waals surface area (Å²) in [6, 6.07) is 8.57. The molecule has 0 saturated carbocycles. The molecule has 0 saturated heterocycles. The minimum absolute atomic E-state index is 0.0356. The maximum Gasteiger partial charge on any atom is 0.174 e. The normalized spacial score (nSPS) is 19.2. The van der Waals surface area contributed by atoms with E-state index < -0.39 is 10.9 Å². The molecule has 3 heteroatoms. The van der Waals surface area contributed by atoms with Gasteiger partial charge in [-0.15, -0.1) is 0 Å². The fraction of sp³-hybridized carbons (Fsp3) is 0.176. The molecule has 1 aromatic carbocycles. The number of rotatable bonds is 1. The molecule has 0 radical (unpaired) electrons. The van der Waals surface area contributed by atoms with Gasteiger partial charge in [-0.25, -0.2) is 9.97 Å². The van der Waals surface area contributed by atoms with E-state index in [4.69, 9.17) is 4.98 Å². The zero-order chi connectivity index (χ0) is 13.7. The van der Waals surface area contributed by atoms with Gasteiger partial charge in [-0.05, 0) is 21.9 Å². The minimum Gasteiger partial charge on any atom is -0.231 e. The van der Waals surface area contributed by atoms with Crippen LogP contribution < -0.4 is 0 Å². The molecule has 20 heavy (non-hydrogen) atoms. The molecule has 2 aromatic rings. The van der Waals surface area contributed by atoms with Gasteiger partial charge in [0.25, 0.3) is 0 Å². The molecule has 0 atom stereocenters. The first-order valence-electron chi connectivity index (χ1n) is 6.79. The van der Waals surface area contributed by atoms with Gasteiger partial charge in [-0.2, -0.15) is 10.9 Å². The van der Waals surface area contributed by atoms with Gasteiger partial charge in [-0.1, -0.05) is 50.3 Å². The molecule has 4 rings (SSSR count). The topological polar surface area (TPSA) is 25.8 Å². The highest BCUT2D eigenvalue weighted by Crippen LogP contribution is 2.49. The highest BCUT2D eigenvalue weighted by molar-refractivity contribution is 8.22. The largest absolute Gasteiger partial charge is 0.231 e. The molecule has 100 valence electrons. The van der Waals surface area contributed by atoms with Gasteiger partial charge in [0.1, 0.15) is 0 Å². The number of allylic oxidation sites excluding steroid dienone is 2. The highest BCUT2D eigenvalue weighted by atomic mass is 32.2. The van der Waals surface area contributed by atoms with Crippen molar-refractivity contribution < 1.29 is 0 Å². The Morgan fingerprint density at radius 2 is 1.75 bits per heavy atom. The van der Waals surface area contributed by atoms with Crippen molar-refractivity contribution in [1.29, 1.82) is 0 Å². The van der Waals surface area contributed by atoms with E-state index in [1.807, 2.05) is 6.20 Å². The van der Waals surface area contributed by atoms with Gasteiger partial charge in [0, 0.05) is 17.2 Å². The summed E-state index contributed by atoms with van der Waals surface area (Å²) in [6.07, 6.45) is 6.18. The Hall–Kier alpha value is -1.87. The number of aromatic nitrogens is 2. The van der Waals surface area contributed by atoms with E-state index in [0.29, 0.717) is 0 Å². The third-order valence-corrected chi connectivity index (χ3v) is 5.76. The summed E-state index contributed by atoms with van der Waals surface area (Å²) in [5, 5.41) is 5.36. The summed E-state index contributed by atoms with van der Waals surface area (Å²) in [6.45, 7) is 4.50. The van der Waals surface area contributed by atoms with Crippen molar-refractivity contribution in [1.82, 2.24) is 9.97 Å². The van der Waals surface area contributed by atoms with E-state index in [-0.39, 0.29) is 5.41 Å². The average molecular weight is 280 g/mol. The fourth-order valence-electron chi connectivity index (χ4n) is 3.03. The first-order valence-corrected chi connectivity index (χ1v) is 8.27. The number of benzene rings is 1. The second kappa shape index (κ2) is 4.06. The summed E-state index contributed by atoms with van der Waals surface area (Å²) in [7, 11) is -0.448. The maximum absolute atomic E-state index is 4.92. The summed E-state index contributed by atoms with van der Waals surface area (Å²) >= 11 is 0. The summed E-state index contributed by atoms with van der Waals surface area (Å²) in [5.74, 6) is 0. The van der Waals surface area contributed by atoms with Crippen molar-refractivity contribution in [2.24, 2.45) is 0 Å². The molecular formula is C17H16N2S. The van der Waals surface area contributed by atoms with Gasteiger partial charge < -0.3 is 0 Å². The molecular weight excluding hydrogens is 264 g/mol. The zero-order valence-electron chi connectivity index (χ0n) is 11.5. The van der Waals surface area contributed by atoms with Gasteiger partial charge in [0.2, 0.25) is 0 Å². The lowest BCUT2D eigenvalue weighted by Crippen LogP contribution is -2.17. The molecule has 0 spiro atoms. The van der Waals surface area contributed by atoms with E-state index >= 15 is 0 Å².